The molecule has 2 heterocycles. The van der Waals surface area contributed by atoms with Gasteiger partial charge >= 0.3 is 0 Å². The van der Waals surface area contributed by atoms with Crippen molar-refractivity contribution in [1.29, 1.82) is 0 Å². The number of hydrogen-bond acceptors (Lipinski definition) is 7. The Kier molecular flexibility index (Phi) is 6.96. The van der Waals surface area contributed by atoms with Gasteiger partial charge in [0, 0.05) is 18.8 Å². The van der Waals surface area contributed by atoms with Crippen molar-refractivity contribution in [2.24, 2.45) is 5.41 Å². The lowest BCUT2D eigenvalue weighted by molar-refractivity contribution is 0.102. The van der Waals surface area contributed by atoms with E-state index in [-0.39, 0.29) is 22.7 Å². The summed E-state index contributed by atoms with van der Waals surface area (Å²) in [6.45, 7) is 5.40. The van der Waals surface area contributed by atoms with Crippen LogP contribution in [0.5, 0.6) is 0 Å². The molecule has 37 heavy (non-hydrogen) atoms. The maximum absolute atomic E-state index is 13.5. The molecule has 1 saturated heterocycles. The summed E-state index contributed by atoms with van der Waals surface area (Å²) in [6, 6.07) is 10.1. The standard InChI is InChI=1S/C28H38N4O4S/c1-27(2,19-33)31-24-11-10-23(25(30-24)32-16-14-28(12-13-28)15-17-32)26(34)29-20-6-5-9-22(18-20)37(35,36)21-7-3-4-8-21/h5-6,9-11,18,21,33H,3-4,7-8,12-17,19H2,1-2H3,(H,29,34)(H,30,31). The van der Waals surface area contributed by atoms with Crippen molar-refractivity contribution in [2.45, 2.75) is 80.9 Å². The predicted octanol–water partition coefficient (Wildman–Crippen LogP) is 4.61. The van der Waals surface area contributed by atoms with Gasteiger partial charge < -0.3 is 20.6 Å². The Morgan fingerprint density at radius 2 is 1.81 bits per heavy atom. The lowest BCUT2D eigenvalue weighted by Crippen LogP contribution is -2.38. The number of carbonyl (C=O) groups is 1. The smallest absolute Gasteiger partial charge is 0.259 e. The molecular weight excluding hydrogens is 488 g/mol. The molecule has 0 radical (unpaired) electrons. The number of aromatic nitrogens is 1. The largest absolute Gasteiger partial charge is 0.394 e. The van der Waals surface area contributed by atoms with Crippen LogP contribution in [0.4, 0.5) is 17.3 Å². The molecule has 0 unspecified atom stereocenters. The summed E-state index contributed by atoms with van der Waals surface area (Å²) in [7, 11) is -3.42. The fraction of sp³-hybridized carbons (Fsp3) is 0.571. The Bertz CT molecular complexity index is 1260. The lowest BCUT2D eigenvalue weighted by atomic mass is 9.93. The Hall–Kier alpha value is -2.65. The zero-order valence-corrected chi connectivity index (χ0v) is 22.6. The van der Waals surface area contributed by atoms with E-state index in [1.165, 1.54) is 12.8 Å². The van der Waals surface area contributed by atoms with E-state index in [1.807, 2.05) is 13.8 Å². The molecule has 2 aromatic rings. The van der Waals surface area contributed by atoms with Crippen LogP contribution >= 0.6 is 0 Å². The van der Waals surface area contributed by atoms with Crippen LogP contribution in [0.15, 0.2) is 41.3 Å². The van der Waals surface area contributed by atoms with Crippen LogP contribution in [-0.2, 0) is 9.84 Å². The number of benzene rings is 1. The molecule has 3 fully saturated rings. The van der Waals surface area contributed by atoms with Crippen molar-refractivity contribution in [3.8, 4) is 0 Å². The molecule has 9 heteroatoms. The van der Waals surface area contributed by atoms with E-state index in [4.69, 9.17) is 4.98 Å². The number of rotatable bonds is 8. The van der Waals surface area contributed by atoms with Gasteiger partial charge in [-0.15, -0.1) is 0 Å². The summed E-state index contributed by atoms with van der Waals surface area (Å²) < 4.78 is 26.2. The second-order valence-electron chi connectivity index (χ2n) is 11.7. The molecule has 1 aromatic heterocycles. The SMILES string of the molecule is CC(C)(CO)Nc1ccc(C(=O)Nc2cccc(S(=O)(=O)C3CCCC3)c2)c(N2CCC3(CC2)CC3)n1. The zero-order chi connectivity index (χ0) is 26.3. The summed E-state index contributed by atoms with van der Waals surface area (Å²) in [4.78, 5) is 20.7. The van der Waals surface area contributed by atoms with Crippen molar-refractivity contribution in [2.75, 3.05) is 35.2 Å². The number of hydrogen-bond donors (Lipinski definition) is 3. The van der Waals surface area contributed by atoms with Crippen molar-refractivity contribution >= 4 is 33.1 Å². The van der Waals surface area contributed by atoms with E-state index in [9.17, 15) is 18.3 Å². The Morgan fingerprint density at radius 1 is 1.11 bits per heavy atom. The third kappa shape index (κ3) is 5.62. The normalized spacial score (nSPS) is 19.7. The Morgan fingerprint density at radius 3 is 2.46 bits per heavy atom. The van der Waals surface area contributed by atoms with E-state index in [2.05, 4.69) is 15.5 Å². The molecule has 1 amide bonds. The van der Waals surface area contributed by atoms with Gasteiger partial charge in [0.1, 0.15) is 11.6 Å². The minimum atomic E-state index is -3.42. The predicted molar refractivity (Wildman–Crippen MR) is 146 cm³/mol. The average Bonchev–Trinajstić information content (AvgIpc) is 3.38. The van der Waals surface area contributed by atoms with Crippen LogP contribution in [0.2, 0.25) is 0 Å². The van der Waals surface area contributed by atoms with Gasteiger partial charge in [0.2, 0.25) is 0 Å². The first-order chi connectivity index (χ1) is 17.6. The maximum Gasteiger partial charge on any atom is 0.259 e. The quantitative estimate of drug-likeness (QED) is 0.460. The fourth-order valence-electron chi connectivity index (χ4n) is 5.53. The van der Waals surface area contributed by atoms with Gasteiger partial charge in [-0.2, -0.15) is 0 Å². The van der Waals surface area contributed by atoms with Gasteiger partial charge in [-0.1, -0.05) is 18.9 Å². The average molecular weight is 527 g/mol. The molecule has 5 rings (SSSR count). The molecule has 0 atom stereocenters. The minimum Gasteiger partial charge on any atom is -0.394 e. The van der Waals surface area contributed by atoms with Crippen LogP contribution in [0.3, 0.4) is 0 Å². The second kappa shape index (κ2) is 9.91. The number of nitrogens with one attached hydrogen (secondary N) is 2. The summed E-state index contributed by atoms with van der Waals surface area (Å²) >= 11 is 0. The first kappa shape index (κ1) is 26.0. The molecular formula is C28H38N4O4S. The van der Waals surface area contributed by atoms with Crippen LogP contribution in [0, 0.1) is 5.41 Å². The number of anilines is 3. The summed E-state index contributed by atoms with van der Waals surface area (Å²) in [5, 5.41) is 15.5. The van der Waals surface area contributed by atoms with E-state index >= 15 is 0 Å². The molecule has 3 N–H and O–H groups in total. The minimum absolute atomic E-state index is 0.0570. The second-order valence-corrected chi connectivity index (χ2v) is 13.9. The maximum atomic E-state index is 13.5. The van der Waals surface area contributed by atoms with Crippen molar-refractivity contribution in [3.05, 3.63) is 42.0 Å². The first-order valence-corrected chi connectivity index (χ1v) is 15.0. The van der Waals surface area contributed by atoms with Gasteiger partial charge in [0.05, 0.1) is 27.9 Å². The number of aliphatic hydroxyl groups is 1. The molecule has 1 spiro atoms. The van der Waals surface area contributed by atoms with Gasteiger partial charge in [0.15, 0.2) is 9.84 Å². The molecule has 0 bridgehead atoms. The van der Waals surface area contributed by atoms with E-state index in [0.29, 0.717) is 41.1 Å². The summed E-state index contributed by atoms with van der Waals surface area (Å²) in [5.41, 5.74) is 0.829. The highest BCUT2D eigenvalue weighted by molar-refractivity contribution is 7.92. The Labute approximate surface area is 219 Å². The van der Waals surface area contributed by atoms with Crippen molar-refractivity contribution in [3.63, 3.8) is 0 Å². The summed E-state index contributed by atoms with van der Waals surface area (Å²) in [6.07, 6.45) is 8.02. The monoisotopic (exact) mass is 526 g/mol. The van der Waals surface area contributed by atoms with Gasteiger partial charge in [-0.25, -0.2) is 13.4 Å². The van der Waals surface area contributed by atoms with Crippen LogP contribution in [0.1, 0.15) is 75.6 Å². The van der Waals surface area contributed by atoms with Crippen molar-refractivity contribution in [1.82, 2.24) is 4.98 Å². The van der Waals surface area contributed by atoms with Crippen LogP contribution < -0.4 is 15.5 Å². The highest BCUT2D eigenvalue weighted by Crippen LogP contribution is 2.54. The van der Waals surface area contributed by atoms with Crippen LogP contribution in [0.25, 0.3) is 0 Å². The summed E-state index contributed by atoms with van der Waals surface area (Å²) in [5.74, 6) is 0.890. The lowest BCUT2D eigenvalue weighted by Gasteiger charge is -2.34. The van der Waals surface area contributed by atoms with Gasteiger partial charge in [-0.3, -0.25) is 4.79 Å². The number of sulfone groups is 1. The van der Waals surface area contributed by atoms with E-state index < -0.39 is 15.4 Å². The molecule has 1 aromatic carbocycles. The molecule has 200 valence electrons. The third-order valence-electron chi connectivity index (χ3n) is 8.22. The van der Waals surface area contributed by atoms with E-state index in [0.717, 1.165) is 38.8 Å². The number of aliphatic hydroxyl groups excluding tert-OH is 1. The first-order valence-electron chi connectivity index (χ1n) is 13.4. The molecule has 3 aliphatic rings. The number of nitrogens with zero attached hydrogens (tertiary/aromatic N) is 2. The van der Waals surface area contributed by atoms with Crippen molar-refractivity contribution < 1.29 is 18.3 Å². The number of piperidine rings is 1. The highest BCUT2D eigenvalue weighted by Gasteiger charge is 2.45. The Balaban J connectivity index is 1.40. The topological polar surface area (TPSA) is 112 Å². The van der Waals surface area contributed by atoms with Gasteiger partial charge in [0.25, 0.3) is 5.91 Å². The van der Waals surface area contributed by atoms with E-state index in [1.54, 1.807) is 36.4 Å². The molecule has 8 nitrogen and oxygen atoms in total. The third-order valence-corrected chi connectivity index (χ3v) is 10.5. The highest BCUT2D eigenvalue weighted by atomic mass is 32.2. The zero-order valence-electron chi connectivity index (χ0n) is 21.8. The molecule has 1 aliphatic heterocycles. The fourth-order valence-corrected chi connectivity index (χ4v) is 7.43. The number of amides is 1. The van der Waals surface area contributed by atoms with Gasteiger partial charge in [-0.05, 0) is 88.1 Å². The molecule has 2 saturated carbocycles. The number of carbonyl (C=O) groups excluding carboxylic acids is 1. The van der Waals surface area contributed by atoms with Crippen LogP contribution in [-0.4, -0.2) is 54.9 Å². The number of pyridine rings is 1. The molecule has 2 aliphatic carbocycles.